The average Bonchev–Trinajstić information content (AvgIpc) is 3.02. The molecule has 23 heavy (non-hydrogen) atoms. The summed E-state index contributed by atoms with van der Waals surface area (Å²) < 4.78 is 0. The van der Waals surface area contributed by atoms with Gasteiger partial charge in [-0.2, -0.15) is 0 Å². The number of hydrogen-bond donors (Lipinski definition) is 1. The first kappa shape index (κ1) is 15.4. The largest absolute Gasteiger partial charge is 0.298 e. The Morgan fingerprint density at radius 2 is 2.09 bits per heavy atom. The first-order valence-electron chi connectivity index (χ1n) is 6.82. The quantitative estimate of drug-likeness (QED) is 0.710. The summed E-state index contributed by atoms with van der Waals surface area (Å²) in [6, 6.07) is 12.9. The van der Waals surface area contributed by atoms with Crippen molar-refractivity contribution in [3.8, 4) is 11.4 Å². The van der Waals surface area contributed by atoms with Crippen molar-refractivity contribution >= 4 is 40.1 Å². The van der Waals surface area contributed by atoms with Crippen LogP contribution in [-0.2, 0) is 4.79 Å². The number of anilines is 1. The van der Waals surface area contributed by atoms with Gasteiger partial charge in [0.25, 0.3) is 0 Å². The van der Waals surface area contributed by atoms with Gasteiger partial charge in [-0.3, -0.25) is 15.1 Å². The van der Waals surface area contributed by atoms with Gasteiger partial charge in [-0.15, -0.1) is 11.3 Å². The van der Waals surface area contributed by atoms with Crippen LogP contribution in [0.15, 0.2) is 60.1 Å². The van der Waals surface area contributed by atoms with E-state index in [9.17, 15) is 4.79 Å². The number of nitrogens with one attached hydrogen (secondary N) is 1. The van der Waals surface area contributed by atoms with Crippen LogP contribution in [0.2, 0.25) is 5.02 Å². The summed E-state index contributed by atoms with van der Waals surface area (Å²) in [7, 11) is 0. The third-order valence-corrected chi connectivity index (χ3v) is 3.93. The number of carbonyl (C=O) groups is 1. The molecule has 0 aliphatic heterocycles. The minimum absolute atomic E-state index is 0.244. The molecule has 4 nitrogen and oxygen atoms in total. The molecule has 0 saturated carbocycles. The Morgan fingerprint density at radius 3 is 2.87 bits per heavy atom. The number of thiazole rings is 1. The van der Waals surface area contributed by atoms with Crippen LogP contribution in [0.4, 0.5) is 5.13 Å². The zero-order valence-corrected chi connectivity index (χ0v) is 13.5. The SMILES string of the molecule is O=C(C=Cc1cccc(Cl)c1)Nc1nc(-c2ccccn2)cs1. The molecule has 0 bridgehead atoms. The number of halogens is 1. The highest BCUT2D eigenvalue weighted by Crippen LogP contribution is 2.23. The fourth-order valence-electron chi connectivity index (χ4n) is 1.89. The van der Waals surface area contributed by atoms with E-state index >= 15 is 0 Å². The van der Waals surface area contributed by atoms with Gasteiger partial charge in [0.05, 0.1) is 5.69 Å². The van der Waals surface area contributed by atoms with E-state index in [1.54, 1.807) is 24.4 Å². The molecule has 0 spiro atoms. The molecule has 1 N–H and O–H groups in total. The van der Waals surface area contributed by atoms with Gasteiger partial charge in [0, 0.05) is 22.7 Å². The highest BCUT2D eigenvalue weighted by atomic mass is 35.5. The number of nitrogens with zero attached hydrogens (tertiary/aromatic N) is 2. The van der Waals surface area contributed by atoms with Crippen LogP contribution in [0.25, 0.3) is 17.5 Å². The number of carbonyl (C=O) groups excluding carboxylic acids is 1. The molecule has 2 aromatic heterocycles. The molecule has 3 aromatic rings. The van der Waals surface area contributed by atoms with Crippen molar-refractivity contribution in [2.75, 3.05) is 5.32 Å². The minimum atomic E-state index is -0.244. The van der Waals surface area contributed by atoms with Crippen LogP contribution in [-0.4, -0.2) is 15.9 Å². The molecule has 0 unspecified atom stereocenters. The van der Waals surface area contributed by atoms with Crippen LogP contribution < -0.4 is 5.32 Å². The molecule has 6 heteroatoms. The first-order valence-corrected chi connectivity index (χ1v) is 8.08. The number of aromatic nitrogens is 2. The van der Waals surface area contributed by atoms with Crippen molar-refractivity contribution in [2.45, 2.75) is 0 Å². The van der Waals surface area contributed by atoms with E-state index in [4.69, 9.17) is 11.6 Å². The zero-order chi connectivity index (χ0) is 16.1. The second kappa shape index (κ2) is 7.17. The molecule has 0 fully saturated rings. The predicted octanol–water partition coefficient (Wildman–Crippen LogP) is 4.51. The predicted molar refractivity (Wildman–Crippen MR) is 94.5 cm³/mol. The van der Waals surface area contributed by atoms with Gasteiger partial charge in [-0.1, -0.05) is 29.8 Å². The maximum absolute atomic E-state index is 11.9. The van der Waals surface area contributed by atoms with Crippen molar-refractivity contribution in [3.05, 3.63) is 70.7 Å². The Morgan fingerprint density at radius 1 is 1.17 bits per heavy atom. The van der Waals surface area contributed by atoms with Gasteiger partial charge < -0.3 is 0 Å². The summed E-state index contributed by atoms with van der Waals surface area (Å²) in [6.07, 6.45) is 4.86. The van der Waals surface area contributed by atoms with E-state index in [-0.39, 0.29) is 5.91 Å². The summed E-state index contributed by atoms with van der Waals surface area (Å²) in [5.41, 5.74) is 2.38. The smallest absolute Gasteiger partial charge is 0.250 e. The van der Waals surface area contributed by atoms with E-state index in [1.807, 2.05) is 35.7 Å². The van der Waals surface area contributed by atoms with Crippen molar-refractivity contribution in [1.29, 1.82) is 0 Å². The van der Waals surface area contributed by atoms with Gasteiger partial charge in [-0.25, -0.2) is 4.98 Å². The van der Waals surface area contributed by atoms with Crippen LogP contribution in [0.1, 0.15) is 5.56 Å². The lowest BCUT2D eigenvalue weighted by molar-refractivity contribution is -0.111. The third-order valence-electron chi connectivity index (χ3n) is 2.94. The summed E-state index contributed by atoms with van der Waals surface area (Å²) in [4.78, 5) is 20.5. The van der Waals surface area contributed by atoms with E-state index in [2.05, 4.69) is 15.3 Å². The Kier molecular flexibility index (Phi) is 4.80. The first-order chi connectivity index (χ1) is 11.2. The second-order valence-electron chi connectivity index (χ2n) is 4.63. The highest BCUT2D eigenvalue weighted by molar-refractivity contribution is 7.14. The Balaban J connectivity index is 1.66. The van der Waals surface area contributed by atoms with Crippen molar-refractivity contribution < 1.29 is 4.79 Å². The fraction of sp³-hybridized carbons (Fsp3) is 0. The van der Waals surface area contributed by atoms with E-state index in [0.717, 1.165) is 17.0 Å². The molecule has 0 radical (unpaired) electrons. The molecule has 2 heterocycles. The van der Waals surface area contributed by atoms with Crippen molar-refractivity contribution in [2.24, 2.45) is 0 Å². The summed E-state index contributed by atoms with van der Waals surface area (Å²) in [6.45, 7) is 0. The van der Waals surface area contributed by atoms with E-state index in [0.29, 0.717) is 10.2 Å². The normalized spacial score (nSPS) is 10.8. The monoisotopic (exact) mass is 341 g/mol. The number of hydrogen-bond acceptors (Lipinski definition) is 4. The standard InChI is InChI=1S/C17H12ClN3OS/c18-13-5-3-4-12(10-13)7-8-16(22)21-17-20-15(11-23-17)14-6-1-2-9-19-14/h1-11H,(H,20,21,22). The highest BCUT2D eigenvalue weighted by Gasteiger charge is 2.06. The molecular weight excluding hydrogens is 330 g/mol. The molecule has 1 amide bonds. The number of amides is 1. The zero-order valence-electron chi connectivity index (χ0n) is 11.9. The topological polar surface area (TPSA) is 54.9 Å². The summed E-state index contributed by atoms with van der Waals surface area (Å²) in [5.74, 6) is -0.244. The van der Waals surface area contributed by atoms with Crippen molar-refractivity contribution in [1.82, 2.24) is 9.97 Å². The van der Waals surface area contributed by atoms with Gasteiger partial charge in [0.1, 0.15) is 5.69 Å². The lowest BCUT2D eigenvalue weighted by Gasteiger charge is -1.97. The Hall–Kier alpha value is -2.50. The number of benzene rings is 1. The maximum Gasteiger partial charge on any atom is 0.250 e. The molecule has 0 aliphatic rings. The molecule has 1 aromatic carbocycles. The second-order valence-corrected chi connectivity index (χ2v) is 5.93. The van der Waals surface area contributed by atoms with Crippen LogP contribution in [0.3, 0.4) is 0 Å². The van der Waals surface area contributed by atoms with Crippen LogP contribution in [0.5, 0.6) is 0 Å². The molecular formula is C17H12ClN3OS. The molecule has 3 rings (SSSR count). The van der Waals surface area contributed by atoms with Gasteiger partial charge in [0.15, 0.2) is 5.13 Å². The fourth-order valence-corrected chi connectivity index (χ4v) is 2.80. The lowest BCUT2D eigenvalue weighted by atomic mass is 10.2. The average molecular weight is 342 g/mol. The summed E-state index contributed by atoms with van der Waals surface area (Å²) in [5, 5.41) is 5.76. The Labute approximate surface area is 142 Å². The number of rotatable bonds is 4. The van der Waals surface area contributed by atoms with Gasteiger partial charge in [0.2, 0.25) is 5.91 Å². The van der Waals surface area contributed by atoms with Gasteiger partial charge in [-0.05, 0) is 35.9 Å². The lowest BCUT2D eigenvalue weighted by Crippen LogP contribution is -2.07. The molecule has 114 valence electrons. The van der Waals surface area contributed by atoms with Crippen molar-refractivity contribution in [3.63, 3.8) is 0 Å². The van der Waals surface area contributed by atoms with Crippen LogP contribution >= 0.6 is 22.9 Å². The van der Waals surface area contributed by atoms with Gasteiger partial charge >= 0.3 is 0 Å². The minimum Gasteiger partial charge on any atom is -0.298 e. The molecule has 0 saturated heterocycles. The Bertz CT molecular complexity index is 846. The molecule has 0 aliphatic carbocycles. The number of pyridine rings is 1. The maximum atomic E-state index is 11.9. The third kappa shape index (κ3) is 4.25. The van der Waals surface area contributed by atoms with Crippen LogP contribution in [0, 0.1) is 0 Å². The van der Waals surface area contributed by atoms with E-state index < -0.39 is 0 Å². The molecule has 0 atom stereocenters. The summed E-state index contributed by atoms with van der Waals surface area (Å²) >= 11 is 7.26. The van der Waals surface area contributed by atoms with E-state index in [1.165, 1.54) is 17.4 Å².